The van der Waals surface area contributed by atoms with Crippen molar-refractivity contribution in [2.75, 3.05) is 32.8 Å². The molecule has 0 aromatic carbocycles. The Morgan fingerprint density at radius 1 is 1.38 bits per heavy atom. The van der Waals surface area contributed by atoms with Gasteiger partial charge in [0.2, 0.25) is 0 Å². The molecule has 0 radical (unpaired) electrons. The molecule has 0 spiro atoms. The van der Waals surface area contributed by atoms with E-state index in [2.05, 4.69) is 29.9 Å². The van der Waals surface area contributed by atoms with Crippen molar-refractivity contribution in [1.82, 2.24) is 25.3 Å². The number of hydrogen-bond acceptors (Lipinski definition) is 7. The maximum absolute atomic E-state index is 12.7. The lowest BCUT2D eigenvalue weighted by molar-refractivity contribution is 0.0331. The highest BCUT2D eigenvalue weighted by Gasteiger charge is 2.19. The number of amides is 1. The second-order valence-corrected chi connectivity index (χ2v) is 6.32. The zero-order chi connectivity index (χ0) is 18.5. The van der Waals surface area contributed by atoms with Crippen LogP contribution in [-0.2, 0) is 4.74 Å². The average Bonchev–Trinajstić information content (AvgIpc) is 3.08. The first-order chi connectivity index (χ1) is 12.5. The van der Waals surface area contributed by atoms with Crippen LogP contribution in [0.4, 0.5) is 0 Å². The molecule has 3 heterocycles. The first-order valence-electron chi connectivity index (χ1n) is 8.71. The summed E-state index contributed by atoms with van der Waals surface area (Å²) < 4.78 is 9.89. The standard InChI is InChI=1S/C17H23N5O4/c1-3-13(10-22-4-6-25-7-5-22)19-16(23)14-9-12(8-11(2)18-14)15-20-17(24)26-21-15/h8-9,13H,3-7,10H2,1-2H3,(H,19,23)(H,20,21,24). The number of aromatic nitrogens is 3. The van der Waals surface area contributed by atoms with Crippen LogP contribution in [0.1, 0.15) is 29.5 Å². The van der Waals surface area contributed by atoms with E-state index in [-0.39, 0.29) is 23.5 Å². The molecule has 3 rings (SSSR count). The van der Waals surface area contributed by atoms with Crippen LogP contribution in [0, 0.1) is 6.92 Å². The van der Waals surface area contributed by atoms with Crippen molar-refractivity contribution in [3.63, 3.8) is 0 Å². The van der Waals surface area contributed by atoms with Crippen molar-refractivity contribution in [1.29, 1.82) is 0 Å². The molecule has 2 N–H and O–H groups in total. The molecule has 1 saturated heterocycles. The minimum Gasteiger partial charge on any atom is -0.379 e. The molecular weight excluding hydrogens is 338 g/mol. The van der Waals surface area contributed by atoms with E-state index in [1.165, 1.54) is 0 Å². The molecule has 140 valence electrons. The second kappa shape index (κ2) is 8.24. The van der Waals surface area contributed by atoms with Gasteiger partial charge in [0.1, 0.15) is 5.69 Å². The molecule has 0 aliphatic carbocycles. The lowest BCUT2D eigenvalue weighted by Crippen LogP contribution is -2.47. The van der Waals surface area contributed by atoms with Crippen LogP contribution >= 0.6 is 0 Å². The van der Waals surface area contributed by atoms with E-state index < -0.39 is 5.76 Å². The highest BCUT2D eigenvalue weighted by molar-refractivity contribution is 5.93. The third-order valence-electron chi connectivity index (χ3n) is 4.31. The number of morpholine rings is 1. The van der Waals surface area contributed by atoms with Crippen molar-refractivity contribution in [3.8, 4) is 11.4 Å². The van der Waals surface area contributed by atoms with Crippen LogP contribution in [0.15, 0.2) is 21.5 Å². The van der Waals surface area contributed by atoms with E-state index >= 15 is 0 Å². The van der Waals surface area contributed by atoms with Gasteiger partial charge in [0.15, 0.2) is 5.82 Å². The Labute approximate surface area is 150 Å². The first-order valence-corrected chi connectivity index (χ1v) is 8.71. The van der Waals surface area contributed by atoms with Crippen LogP contribution in [0.5, 0.6) is 0 Å². The summed E-state index contributed by atoms with van der Waals surface area (Å²) >= 11 is 0. The topological polar surface area (TPSA) is 113 Å². The van der Waals surface area contributed by atoms with Crippen LogP contribution in [-0.4, -0.2) is 64.8 Å². The van der Waals surface area contributed by atoms with Crippen molar-refractivity contribution in [3.05, 3.63) is 34.1 Å². The predicted molar refractivity (Wildman–Crippen MR) is 93.9 cm³/mol. The van der Waals surface area contributed by atoms with Gasteiger partial charge in [0, 0.05) is 36.9 Å². The zero-order valence-corrected chi connectivity index (χ0v) is 14.9. The van der Waals surface area contributed by atoms with Crippen LogP contribution in [0.25, 0.3) is 11.4 Å². The third-order valence-corrected chi connectivity index (χ3v) is 4.31. The quantitative estimate of drug-likeness (QED) is 0.773. The normalized spacial score (nSPS) is 16.4. The van der Waals surface area contributed by atoms with Gasteiger partial charge in [-0.15, -0.1) is 0 Å². The summed E-state index contributed by atoms with van der Waals surface area (Å²) in [7, 11) is 0. The molecule has 9 nitrogen and oxygen atoms in total. The lowest BCUT2D eigenvalue weighted by atomic mass is 10.1. The maximum Gasteiger partial charge on any atom is 0.439 e. The number of ether oxygens (including phenoxy) is 1. The molecule has 1 amide bonds. The van der Waals surface area contributed by atoms with Crippen LogP contribution in [0.2, 0.25) is 0 Å². The Morgan fingerprint density at radius 2 is 2.15 bits per heavy atom. The van der Waals surface area contributed by atoms with E-state index in [0.717, 1.165) is 39.3 Å². The molecule has 2 aromatic rings. The number of hydrogen-bond donors (Lipinski definition) is 2. The number of nitrogens with one attached hydrogen (secondary N) is 2. The number of aromatic amines is 1. The monoisotopic (exact) mass is 361 g/mol. The number of carbonyl (C=O) groups is 1. The summed E-state index contributed by atoms with van der Waals surface area (Å²) in [6, 6.07) is 3.35. The molecule has 0 bridgehead atoms. The number of pyridine rings is 1. The minimum atomic E-state index is -0.642. The van der Waals surface area contributed by atoms with Crippen molar-refractivity contribution in [2.45, 2.75) is 26.3 Å². The van der Waals surface area contributed by atoms with Crippen molar-refractivity contribution < 1.29 is 14.1 Å². The molecule has 2 aromatic heterocycles. The number of nitrogens with zero attached hydrogens (tertiary/aromatic N) is 3. The number of carbonyl (C=O) groups excluding carboxylic acids is 1. The summed E-state index contributed by atoms with van der Waals surface area (Å²) in [6.45, 7) is 7.80. The van der Waals surface area contributed by atoms with Gasteiger partial charge in [-0.2, -0.15) is 0 Å². The second-order valence-electron chi connectivity index (χ2n) is 6.32. The summed E-state index contributed by atoms with van der Waals surface area (Å²) in [5.74, 6) is -0.618. The molecule has 26 heavy (non-hydrogen) atoms. The van der Waals surface area contributed by atoms with Gasteiger partial charge < -0.3 is 10.1 Å². The van der Waals surface area contributed by atoms with Gasteiger partial charge in [0.05, 0.1) is 13.2 Å². The highest BCUT2D eigenvalue weighted by Crippen LogP contribution is 2.16. The highest BCUT2D eigenvalue weighted by atomic mass is 16.5. The Morgan fingerprint density at radius 3 is 2.81 bits per heavy atom. The Bertz CT molecular complexity index is 809. The van der Waals surface area contributed by atoms with Gasteiger partial charge in [-0.3, -0.25) is 19.2 Å². The van der Waals surface area contributed by atoms with E-state index in [0.29, 0.717) is 11.3 Å². The fourth-order valence-electron chi connectivity index (χ4n) is 2.91. The lowest BCUT2D eigenvalue weighted by Gasteiger charge is -2.30. The minimum absolute atomic E-state index is 0.0261. The molecule has 9 heteroatoms. The summed E-state index contributed by atoms with van der Waals surface area (Å²) in [5.41, 5.74) is 1.51. The SMILES string of the molecule is CCC(CN1CCOCC1)NC(=O)c1cc(-c2noc(=O)[nH]2)cc(C)n1. The maximum atomic E-state index is 12.7. The van der Waals surface area contributed by atoms with Gasteiger partial charge in [-0.1, -0.05) is 12.1 Å². The van der Waals surface area contributed by atoms with Crippen molar-refractivity contribution in [2.24, 2.45) is 0 Å². The zero-order valence-electron chi connectivity index (χ0n) is 14.9. The Balaban J connectivity index is 1.71. The van der Waals surface area contributed by atoms with Gasteiger partial charge in [-0.25, -0.2) is 9.78 Å². The number of H-pyrrole nitrogens is 1. The fourth-order valence-corrected chi connectivity index (χ4v) is 2.91. The van der Waals surface area contributed by atoms with Gasteiger partial charge in [0.25, 0.3) is 5.91 Å². The van der Waals surface area contributed by atoms with E-state index in [4.69, 9.17) is 4.74 Å². The average molecular weight is 361 g/mol. The molecule has 1 aliphatic rings. The van der Waals surface area contributed by atoms with Gasteiger partial charge >= 0.3 is 5.76 Å². The summed E-state index contributed by atoms with van der Waals surface area (Å²) in [5, 5.41) is 6.70. The Hall–Kier alpha value is -2.52. The molecule has 1 aliphatic heterocycles. The molecule has 0 saturated carbocycles. The van der Waals surface area contributed by atoms with E-state index in [1.807, 2.05) is 6.92 Å². The van der Waals surface area contributed by atoms with Gasteiger partial charge in [-0.05, 0) is 25.5 Å². The summed E-state index contributed by atoms with van der Waals surface area (Å²) in [4.78, 5) is 32.9. The Kier molecular flexibility index (Phi) is 5.79. The first kappa shape index (κ1) is 18.3. The number of rotatable bonds is 6. The molecule has 1 unspecified atom stereocenters. The van der Waals surface area contributed by atoms with E-state index in [9.17, 15) is 9.59 Å². The van der Waals surface area contributed by atoms with Crippen molar-refractivity contribution >= 4 is 5.91 Å². The van der Waals surface area contributed by atoms with Crippen LogP contribution < -0.4 is 11.1 Å². The van der Waals surface area contributed by atoms with Crippen LogP contribution in [0.3, 0.4) is 0 Å². The smallest absolute Gasteiger partial charge is 0.379 e. The fraction of sp³-hybridized carbons (Fsp3) is 0.529. The summed E-state index contributed by atoms with van der Waals surface area (Å²) in [6.07, 6.45) is 0.818. The number of aryl methyl sites for hydroxylation is 1. The molecule has 1 atom stereocenters. The molecule has 1 fully saturated rings. The predicted octanol–water partition coefficient (Wildman–Crippen LogP) is 0.574. The molecular formula is C17H23N5O4. The van der Waals surface area contributed by atoms with E-state index in [1.54, 1.807) is 19.1 Å². The largest absolute Gasteiger partial charge is 0.439 e. The third kappa shape index (κ3) is 4.55.